The number of hydrogen-bond donors (Lipinski definition) is 0. The molecule has 116 valence electrons. The van der Waals surface area contributed by atoms with E-state index in [0.29, 0.717) is 29.4 Å². The number of esters is 1. The van der Waals surface area contributed by atoms with Crippen molar-refractivity contribution in [3.05, 3.63) is 32.8 Å². The van der Waals surface area contributed by atoms with Crippen molar-refractivity contribution in [3.63, 3.8) is 0 Å². The average Bonchev–Trinajstić information content (AvgIpc) is 3.22. The summed E-state index contributed by atoms with van der Waals surface area (Å²) in [5.74, 6) is 1.26. The van der Waals surface area contributed by atoms with E-state index in [9.17, 15) is 4.79 Å². The first-order valence-corrected chi connectivity index (χ1v) is 8.33. The van der Waals surface area contributed by atoms with Gasteiger partial charge in [-0.1, -0.05) is 48.7 Å². The minimum absolute atomic E-state index is 0.192. The Morgan fingerprint density at radius 2 is 1.95 bits per heavy atom. The lowest BCUT2D eigenvalue weighted by Gasteiger charge is -2.18. The second kappa shape index (κ2) is 7.21. The molecular weight excluding hydrogens is 331 g/mol. The first-order chi connectivity index (χ1) is 9.88. The van der Waals surface area contributed by atoms with Crippen LogP contribution in [0.25, 0.3) is 0 Å². The van der Waals surface area contributed by atoms with E-state index >= 15 is 0 Å². The lowest BCUT2D eigenvalue weighted by molar-refractivity contribution is 0.0405. The Hall–Kier alpha value is -0.440. The summed E-state index contributed by atoms with van der Waals surface area (Å²) in [7, 11) is 0. The van der Waals surface area contributed by atoms with Gasteiger partial charge in [-0.15, -0.1) is 0 Å². The summed E-state index contributed by atoms with van der Waals surface area (Å²) in [5.41, 5.74) is 0.230. The summed E-state index contributed by atoms with van der Waals surface area (Å²) >= 11 is 17.9. The first-order valence-electron chi connectivity index (χ1n) is 7.20. The van der Waals surface area contributed by atoms with Crippen LogP contribution in [0.5, 0.6) is 0 Å². The normalized spacial score (nSPS) is 16.1. The molecule has 5 heteroatoms. The quantitative estimate of drug-likeness (QED) is 0.474. The lowest BCUT2D eigenvalue weighted by atomic mass is 9.93. The standard InChI is InChI=1S/C16H19Cl3O2/c1-9(2)5-11(10-3-4-10)8-21-16(20)13-6-12(17)7-14(18)15(13)19/h6-7,9-11H,3-5,8H2,1-2H3. The highest BCUT2D eigenvalue weighted by atomic mass is 35.5. The Labute approximate surface area is 140 Å². The van der Waals surface area contributed by atoms with Crippen LogP contribution in [0.2, 0.25) is 15.1 Å². The minimum Gasteiger partial charge on any atom is -0.462 e. The van der Waals surface area contributed by atoms with Crippen LogP contribution in [0, 0.1) is 17.8 Å². The van der Waals surface area contributed by atoms with Gasteiger partial charge in [0.05, 0.1) is 22.2 Å². The molecule has 1 aromatic rings. The Balaban J connectivity index is 2.01. The van der Waals surface area contributed by atoms with Gasteiger partial charge in [-0.25, -0.2) is 4.79 Å². The van der Waals surface area contributed by atoms with E-state index in [-0.39, 0.29) is 15.6 Å². The van der Waals surface area contributed by atoms with Gasteiger partial charge in [0.1, 0.15) is 0 Å². The monoisotopic (exact) mass is 348 g/mol. The Kier molecular flexibility index (Phi) is 5.81. The molecule has 0 heterocycles. The number of ether oxygens (including phenoxy) is 1. The van der Waals surface area contributed by atoms with Crippen LogP contribution in [-0.2, 0) is 4.74 Å². The molecule has 1 aliphatic carbocycles. The summed E-state index contributed by atoms with van der Waals surface area (Å²) < 4.78 is 5.44. The maximum atomic E-state index is 12.2. The highest BCUT2D eigenvalue weighted by molar-refractivity contribution is 6.45. The number of halogens is 3. The molecule has 0 aliphatic heterocycles. The van der Waals surface area contributed by atoms with Gasteiger partial charge >= 0.3 is 5.97 Å². The fraction of sp³-hybridized carbons (Fsp3) is 0.562. The third kappa shape index (κ3) is 4.77. The van der Waals surface area contributed by atoms with Gasteiger partial charge in [0, 0.05) is 5.02 Å². The highest BCUT2D eigenvalue weighted by Crippen LogP contribution is 2.40. The fourth-order valence-corrected chi connectivity index (χ4v) is 3.21. The summed E-state index contributed by atoms with van der Waals surface area (Å²) in [5, 5.41) is 0.826. The summed E-state index contributed by atoms with van der Waals surface area (Å²) in [6.45, 7) is 4.80. The van der Waals surface area contributed by atoms with Crippen LogP contribution in [0.3, 0.4) is 0 Å². The van der Waals surface area contributed by atoms with E-state index in [1.165, 1.54) is 25.0 Å². The molecule has 1 atom stereocenters. The van der Waals surface area contributed by atoms with Crippen LogP contribution in [0.4, 0.5) is 0 Å². The molecule has 2 nitrogen and oxygen atoms in total. The molecule has 2 rings (SSSR count). The lowest BCUT2D eigenvalue weighted by Crippen LogP contribution is -2.18. The van der Waals surface area contributed by atoms with Gasteiger partial charge in [-0.05, 0) is 49.1 Å². The maximum Gasteiger partial charge on any atom is 0.339 e. The van der Waals surface area contributed by atoms with E-state index in [2.05, 4.69) is 13.8 Å². The zero-order chi connectivity index (χ0) is 15.6. The van der Waals surface area contributed by atoms with Crippen LogP contribution in [-0.4, -0.2) is 12.6 Å². The topological polar surface area (TPSA) is 26.3 Å². The van der Waals surface area contributed by atoms with E-state index in [4.69, 9.17) is 39.5 Å². The molecule has 0 radical (unpaired) electrons. The summed E-state index contributed by atoms with van der Waals surface area (Å²) in [4.78, 5) is 12.2. The Bertz CT molecular complexity index is 524. The van der Waals surface area contributed by atoms with Crippen molar-refractivity contribution >= 4 is 40.8 Å². The van der Waals surface area contributed by atoms with E-state index in [1.807, 2.05) is 0 Å². The van der Waals surface area contributed by atoms with E-state index in [0.717, 1.165) is 6.42 Å². The fourth-order valence-electron chi connectivity index (χ4n) is 2.53. The van der Waals surface area contributed by atoms with Gasteiger partial charge < -0.3 is 4.74 Å². The van der Waals surface area contributed by atoms with Crippen molar-refractivity contribution in [1.29, 1.82) is 0 Å². The van der Waals surface area contributed by atoms with Gasteiger partial charge in [0.15, 0.2) is 0 Å². The van der Waals surface area contributed by atoms with Crippen molar-refractivity contribution in [2.24, 2.45) is 17.8 Å². The average molecular weight is 350 g/mol. The van der Waals surface area contributed by atoms with E-state index in [1.54, 1.807) is 0 Å². The smallest absolute Gasteiger partial charge is 0.339 e. The highest BCUT2D eigenvalue weighted by Gasteiger charge is 2.32. The summed E-state index contributed by atoms with van der Waals surface area (Å²) in [6, 6.07) is 3.00. The number of benzene rings is 1. The molecule has 0 spiro atoms. The van der Waals surface area contributed by atoms with Crippen LogP contribution >= 0.6 is 34.8 Å². The van der Waals surface area contributed by atoms with Crippen LogP contribution < -0.4 is 0 Å². The van der Waals surface area contributed by atoms with E-state index < -0.39 is 5.97 Å². The molecule has 0 amide bonds. The van der Waals surface area contributed by atoms with Crippen molar-refractivity contribution in [2.75, 3.05) is 6.61 Å². The Morgan fingerprint density at radius 3 is 2.52 bits per heavy atom. The zero-order valence-corrected chi connectivity index (χ0v) is 14.4. The molecule has 1 fully saturated rings. The molecule has 1 aliphatic rings. The van der Waals surface area contributed by atoms with Crippen molar-refractivity contribution in [3.8, 4) is 0 Å². The molecule has 0 saturated heterocycles. The second-order valence-electron chi connectivity index (χ2n) is 6.07. The maximum absolute atomic E-state index is 12.2. The first kappa shape index (κ1) is 16.9. The Morgan fingerprint density at radius 1 is 1.29 bits per heavy atom. The molecule has 0 bridgehead atoms. The number of carbonyl (C=O) groups excluding carboxylic acids is 1. The SMILES string of the molecule is CC(C)CC(COC(=O)c1cc(Cl)cc(Cl)c1Cl)C1CC1. The van der Waals surface area contributed by atoms with Gasteiger partial charge in [-0.2, -0.15) is 0 Å². The molecule has 0 N–H and O–H groups in total. The molecule has 1 saturated carbocycles. The predicted molar refractivity (Wildman–Crippen MR) is 87.4 cm³/mol. The molecule has 0 aromatic heterocycles. The minimum atomic E-state index is -0.459. The third-order valence-electron chi connectivity index (χ3n) is 3.70. The van der Waals surface area contributed by atoms with Crippen LogP contribution in [0.15, 0.2) is 12.1 Å². The van der Waals surface area contributed by atoms with Crippen molar-refractivity contribution < 1.29 is 9.53 Å². The number of rotatable bonds is 6. The number of hydrogen-bond acceptors (Lipinski definition) is 2. The van der Waals surface area contributed by atoms with Crippen LogP contribution in [0.1, 0.15) is 43.5 Å². The molecule has 1 aromatic carbocycles. The largest absolute Gasteiger partial charge is 0.462 e. The molecular formula is C16H19Cl3O2. The second-order valence-corrected chi connectivity index (χ2v) is 7.30. The van der Waals surface area contributed by atoms with Gasteiger partial charge in [0.2, 0.25) is 0 Å². The predicted octanol–water partition coefficient (Wildman–Crippen LogP) is 5.88. The zero-order valence-electron chi connectivity index (χ0n) is 12.2. The molecule has 21 heavy (non-hydrogen) atoms. The van der Waals surface area contributed by atoms with Crippen molar-refractivity contribution in [2.45, 2.75) is 33.1 Å². The summed E-state index contributed by atoms with van der Waals surface area (Å²) in [6.07, 6.45) is 3.54. The number of carbonyl (C=O) groups is 1. The van der Waals surface area contributed by atoms with Gasteiger partial charge in [0.25, 0.3) is 0 Å². The third-order valence-corrected chi connectivity index (χ3v) is 4.72. The van der Waals surface area contributed by atoms with Gasteiger partial charge in [-0.3, -0.25) is 0 Å². The molecule has 1 unspecified atom stereocenters. The van der Waals surface area contributed by atoms with Crippen molar-refractivity contribution in [1.82, 2.24) is 0 Å².